The molecule has 4 heteroatoms. The van der Waals surface area contributed by atoms with Gasteiger partial charge in [0.25, 0.3) is 0 Å². The second-order valence-electron chi connectivity index (χ2n) is 3.61. The van der Waals surface area contributed by atoms with Crippen molar-refractivity contribution in [3.05, 3.63) is 70.5 Å². The van der Waals surface area contributed by atoms with Crippen molar-refractivity contribution in [2.45, 2.75) is 0 Å². The standard InChI is InChI=1S/C14H11BrN2O/c15-13-6-3-11(4-7-13)5-8-14(17-18)12-2-1-9-16-10-12/h1-10,18H/b8-5+,17-14-. The molecule has 0 bridgehead atoms. The van der Waals surface area contributed by atoms with Gasteiger partial charge in [-0.15, -0.1) is 0 Å². The van der Waals surface area contributed by atoms with Crippen molar-refractivity contribution in [1.29, 1.82) is 0 Å². The third kappa shape index (κ3) is 3.28. The number of rotatable bonds is 3. The Bertz CT molecular complexity index is 562. The van der Waals surface area contributed by atoms with Crippen molar-refractivity contribution in [3.63, 3.8) is 0 Å². The van der Waals surface area contributed by atoms with Crippen LogP contribution in [-0.4, -0.2) is 15.9 Å². The van der Waals surface area contributed by atoms with Gasteiger partial charge in [0.05, 0.1) is 0 Å². The quantitative estimate of drug-likeness (QED) is 0.533. The zero-order valence-corrected chi connectivity index (χ0v) is 11.1. The normalized spacial score (nSPS) is 11.9. The van der Waals surface area contributed by atoms with Gasteiger partial charge in [0, 0.05) is 22.4 Å². The van der Waals surface area contributed by atoms with Crippen LogP contribution in [0.4, 0.5) is 0 Å². The lowest BCUT2D eigenvalue weighted by molar-refractivity contribution is 0.320. The van der Waals surface area contributed by atoms with Crippen LogP contribution in [-0.2, 0) is 0 Å². The fourth-order valence-corrected chi connectivity index (χ4v) is 1.71. The van der Waals surface area contributed by atoms with E-state index >= 15 is 0 Å². The number of benzene rings is 1. The maximum absolute atomic E-state index is 9.00. The summed E-state index contributed by atoms with van der Waals surface area (Å²) in [4.78, 5) is 3.99. The molecule has 0 spiro atoms. The van der Waals surface area contributed by atoms with Crippen LogP contribution in [0.3, 0.4) is 0 Å². The van der Waals surface area contributed by atoms with E-state index in [0.29, 0.717) is 5.71 Å². The molecule has 0 aliphatic rings. The topological polar surface area (TPSA) is 45.5 Å². The second-order valence-corrected chi connectivity index (χ2v) is 4.53. The molecule has 0 saturated heterocycles. The monoisotopic (exact) mass is 302 g/mol. The van der Waals surface area contributed by atoms with Crippen molar-refractivity contribution >= 4 is 27.7 Å². The number of allylic oxidation sites excluding steroid dienone is 1. The van der Waals surface area contributed by atoms with Crippen LogP contribution < -0.4 is 0 Å². The summed E-state index contributed by atoms with van der Waals surface area (Å²) >= 11 is 3.38. The lowest BCUT2D eigenvalue weighted by Gasteiger charge is -1.98. The van der Waals surface area contributed by atoms with E-state index < -0.39 is 0 Å². The Morgan fingerprint density at radius 2 is 2.00 bits per heavy atom. The minimum Gasteiger partial charge on any atom is -0.410 e. The molecule has 1 N–H and O–H groups in total. The summed E-state index contributed by atoms with van der Waals surface area (Å²) in [5.41, 5.74) is 2.28. The highest BCUT2D eigenvalue weighted by Gasteiger charge is 1.99. The van der Waals surface area contributed by atoms with Crippen molar-refractivity contribution in [3.8, 4) is 0 Å². The summed E-state index contributed by atoms with van der Waals surface area (Å²) in [6.07, 6.45) is 6.96. The molecular formula is C14H11BrN2O. The molecule has 0 aliphatic heterocycles. The average Bonchev–Trinajstić information content (AvgIpc) is 2.43. The molecule has 1 aromatic heterocycles. The minimum absolute atomic E-state index is 0.478. The van der Waals surface area contributed by atoms with E-state index in [0.717, 1.165) is 15.6 Å². The summed E-state index contributed by atoms with van der Waals surface area (Å²) in [7, 11) is 0. The van der Waals surface area contributed by atoms with Crippen LogP contribution in [0.2, 0.25) is 0 Å². The Morgan fingerprint density at radius 1 is 1.22 bits per heavy atom. The molecule has 0 unspecified atom stereocenters. The summed E-state index contributed by atoms with van der Waals surface area (Å²) in [5.74, 6) is 0. The molecule has 0 aliphatic carbocycles. The SMILES string of the molecule is O/N=C(/C=C/c1ccc(Br)cc1)c1cccnc1. The first-order chi connectivity index (χ1) is 8.79. The Morgan fingerprint density at radius 3 is 2.61 bits per heavy atom. The first kappa shape index (κ1) is 12.5. The molecule has 3 nitrogen and oxygen atoms in total. The van der Waals surface area contributed by atoms with Crippen LogP contribution in [0.1, 0.15) is 11.1 Å². The van der Waals surface area contributed by atoms with Crippen molar-refractivity contribution in [2.24, 2.45) is 5.16 Å². The van der Waals surface area contributed by atoms with Crippen molar-refractivity contribution in [2.75, 3.05) is 0 Å². The molecular weight excluding hydrogens is 292 g/mol. The number of nitrogens with zero attached hydrogens (tertiary/aromatic N) is 2. The van der Waals surface area contributed by atoms with Gasteiger partial charge in [-0.25, -0.2) is 0 Å². The first-order valence-electron chi connectivity index (χ1n) is 5.36. The van der Waals surface area contributed by atoms with E-state index in [1.54, 1.807) is 24.5 Å². The molecule has 1 heterocycles. The van der Waals surface area contributed by atoms with Gasteiger partial charge in [0.15, 0.2) is 0 Å². The number of hydrogen-bond acceptors (Lipinski definition) is 3. The summed E-state index contributed by atoms with van der Waals surface area (Å²) in [5, 5.41) is 12.3. The molecule has 0 radical (unpaired) electrons. The fraction of sp³-hybridized carbons (Fsp3) is 0. The van der Waals surface area contributed by atoms with Gasteiger partial charge in [-0.3, -0.25) is 4.98 Å². The third-order valence-corrected chi connectivity index (χ3v) is 2.90. The molecule has 90 valence electrons. The van der Waals surface area contributed by atoms with E-state index in [-0.39, 0.29) is 0 Å². The average molecular weight is 303 g/mol. The predicted molar refractivity (Wildman–Crippen MR) is 75.7 cm³/mol. The zero-order chi connectivity index (χ0) is 12.8. The maximum atomic E-state index is 9.00. The van der Waals surface area contributed by atoms with Crippen LogP contribution in [0.5, 0.6) is 0 Å². The molecule has 1 aromatic carbocycles. The summed E-state index contributed by atoms with van der Waals surface area (Å²) in [6, 6.07) is 11.5. The van der Waals surface area contributed by atoms with E-state index in [1.807, 2.05) is 36.4 Å². The van der Waals surface area contributed by atoms with Gasteiger partial charge < -0.3 is 5.21 Å². The van der Waals surface area contributed by atoms with E-state index in [1.165, 1.54) is 0 Å². The van der Waals surface area contributed by atoms with Crippen LogP contribution in [0, 0.1) is 0 Å². The Kier molecular flexibility index (Phi) is 4.25. The highest BCUT2D eigenvalue weighted by atomic mass is 79.9. The van der Waals surface area contributed by atoms with Gasteiger partial charge in [0.2, 0.25) is 0 Å². The highest BCUT2D eigenvalue weighted by molar-refractivity contribution is 9.10. The van der Waals surface area contributed by atoms with Gasteiger partial charge >= 0.3 is 0 Å². The number of oxime groups is 1. The predicted octanol–water partition coefficient (Wildman–Crippen LogP) is 3.74. The van der Waals surface area contributed by atoms with Gasteiger partial charge in [0.1, 0.15) is 5.71 Å². The minimum atomic E-state index is 0.478. The Labute approximate surface area is 114 Å². The smallest absolute Gasteiger partial charge is 0.111 e. The molecule has 0 amide bonds. The van der Waals surface area contributed by atoms with Gasteiger partial charge in [-0.05, 0) is 35.9 Å². The Hall–Kier alpha value is -1.94. The van der Waals surface area contributed by atoms with Gasteiger partial charge in [-0.1, -0.05) is 39.3 Å². The largest absolute Gasteiger partial charge is 0.410 e. The van der Waals surface area contributed by atoms with Crippen LogP contribution in [0.25, 0.3) is 6.08 Å². The number of pyridine rings is 1. The van der Waals surface area contributed by atoms with Gasteiger partial charge in [-0.2, -0.15) is 0 Å². The lowest BCUT2D eigenvalue weighted by atomic mass is 10.1. The van der Waals surface area contributed by atoms with Crippen LogP contribution in [0.15, 0.2) is 64.5 Å². The Balaban J connectivity index is 2.19. The molecule has 2 rings (SSSR count). The van der Waals surface area contributed by atoms with Crippen LogP contribution >= 0.6 is 15.9 Å². The summed E-state index contributed by atoms with van der Waals surface area (Å²) < 4.78 is 1.03. The number of halogens is 1. The molecule has 0 fully saturated rings. The molecule has 18 heavy (non-hydrogen) atoms. The number of hydrogen-bond donors (Lipinski definition) is 1. The first-order valence-corrected chi connectivity index (χ1v) is 6.15. The summed E-state index contributed by atoms with van der Waals surface area (Å²) in [6.45, 7) is 0. The molecule has 0 atom stereocenters. The lowest BCUT2D eigenvalue weighted by Crippen LogP contribution is -1.96. The van der Waals surface area contributed by atoms with E-state index in [9.17, 15) is 0 Å². The van der Waals surface area contributed by atoms with E-state index in [4.69, 9.17) is 5.21 Å². The highest BCUT2D eigenvalue weighted by Crippen LogP contribution is 2.12. The molecule has 0 saturated carbocycles. The number of aromatic nitrogens is 1. The van der Waals surface area contributed by atoms with Crippen molar-refractivity contribution < 1.29 is 5.21 Å². The fourth-order valence-electron chi connectivity index (χ4n) is 1.45. The second kappa shape index (κ2) is 6.12. The third-order valence-electron chi connectivity index (χ3n) is 2.37. The zero-order valence-electron chi connectivity index (χ0n) is 9.49. The van der Waals surface area contributed by atoms with Crippen molar-refractivity contribution in [1.82, 2.24) is 4.98 Å². The molecule has 2 aromatic rings. The van der Waals surface area contributed by atoms with E-state index in [2.05, 4.69) is 26.1 Å². The maximum Gasteiger partial charge on any atom is 0.111 e.